The summed E-state index contributed by atoms with van der Waals surface area (Å²) in [5.74, 6) is -0.0563. The Morgan fingerprint density at radius 2 is 2.10 bits per heavy atom. The molecule has 0 fully saturated rings. The van der Waals surface area contributed by atoms with Crippen molar-refractivity contribution in [1.29, 1.82) is 0 Å². The zero-order valence-electron chi connectivity index (χ0n) is 11.9. The van der Waals surface area contributed by atoms with Gasteiger partial charge in [0.25, 0.3) is 0 Å². The van der Waals surface area contributed by atoms with E-state index < -0.39 is 5.97 Å². The van der Waals surface area contributed by atoms with Crippen LogP contribution in [-0.2, 0) is 11.2 Å². The summed E-state index contributed by atoms with van der Waals surface area (Å²) in [6, 6.07) is 5.52. The highest BCUT2D eigenvalue weighted by Gasteiger charge is 2.23. The SMILES string of the molecule is COc1ccc2nc(CC(C)(C)CC(=O)O)cnc2c1. The summed E-state index contributed by atoms with van der Waals surface area (Å²) in [5, 5.41) is 8.91. The first-order chi connectivity index (χ1) is 9.39. The highest BCUT2D eigenvalue weighted by atomic mass is 16.5. The number of fused-ring (bicyclic) bond motifs is 1. The van der Waals surface area contributed by atoms with Gasteiger partial charge in [-0.05, 0) is 24.0 Å². The van der Waals surface area contributed by atoms with Crippen molar-refractivity contribution in [2.75, 3.05) is 7.11 Å². The van der Waals surface area contributed by atoms with Crippen LogP contribution in [0.25, 0.3) is 11.0 Å². The summed E-state index contributed by atoms with van der Waals surface area (Å²) in [6.45, 7) is 3.84. The molecule has 1 aromatic carbocycles. The molecule has 0 unspecified atom stereocenters. The maximum Gasteiger partial charge on any atom is 0.303 e. The number of aliphatic carboxylic acids is 1. The summed E-state index contributed by atoms with van der Waals surface area (Å²) in [7, 11) is 1.61. The van der Waals surface area contributed by atoms with Gasteiger partial charge in [-0.25, -0.2) is 4.98 Å². The van der Waals surface area contributed by atoms with Gasteiger partial charge in [0.1, 0.15) is 5.75 Å². The van der Waals surface area contributed by atoms with Gasteiger partial charge in [0.05, 0.1) is 30.3 Å². The molecule has 0 bridgehead atoms. The van der Waals surface area contributed by atoms with Gasteiger partial charge >= 0.3 is 5.97 Å². The Hall–Kier alpha value is -2.17. The molecule has 1 heterocycles. The number of carboxylic acid groups (broad SMARTS) is 1. The lowest BCUT2D eigenvalue weighted by Crippen LogP contribution is -2.20. The molecule has 0 saturated heterocycles. The average Bonchev–Trinajstić information content (AvgIpc) is 2.36. The maximum atomic E-state index is 10.8. The van der Waals surface area contributed by atoms with E-state index >= 15 is 0 Å². The molecule has 0 aliphatic rings. The molecule has 0 aliphatic heterocycles. The molecule has 0 radical (unpaired) electrons. The number of hydrogen-bond acceptors (Lipinski definition) is 4. The standard InChI is InChI=1S/C15H18N2O3/c1-15(2,8-14(18)19)7-10-9-16-13-6-11(20-3)4-5-12(13)17-10/h4-6,9H,7-8H2,1-3H3,(H,18,19). The zero-order valence-corrected chi connectivity index (χ0v) is 11.9. The Balaban J connectivity index is 2.26. The Labute approximate surface area is 117 Å². The lowest BCUT2D eigenvalue weighted by atomic mass is 9.84. The summed E-state index contributed by atoms with van der Waals surface area (Å²) in [6.07, 6.45) is 2.38. The van der Waals surface area contributed by atoms with Crippen molar-refractivity contribution in [2.24, 2.45) is 5.41 Å². The van der Waals surface area contributed by atoms with Crippen LogP contribution in [-0.4, -0.2) is 28.2 Å². The van der Waals surface area contributed by atoms with Crippen LogP contribution in [0.3, 0.4) is 0 Å². The highest BCUT2D eigenvalue weighted by Crippen LogP contribution is 2.26. The van der Waals surface area contributed by atoms with Crippen LogP contribution in [0.2, 0.25) is 0 Å². The van der Waals surface area contributed by atoms with Gasteiger partial charge in [-0.3, -0.25) is 9.78 Å². The van der Waals surface area contributed by atoms with Crippen LogP contribution >= 0.6 is 0 Å². The fourth-order valence-electron chi connectivity index (χ4n) is 2.20. The van der Waals surface area contributed by atoms with E-state index in [0.717, 1.165) is 22.5 Å². The Morgan fingerprint density at radius 3 is 2.75 bits per heavy atom. The van der Waals surface area contributed by atoms with E-state index in [0.29, 0.717) is 6.42 Å². The number of benzene rings is 1. The van der Waals surface area contributed by atoms with Crippen LogP contribution in [0, 0.1) is 5.41 Å². The summed E-state index contributed by atoms with van der Waals surface area (Å²) >= 11 is 0. The normalized spacial score (nSPS) is 11.6. The minimum absolute atomic E-state index is 0.106. The van der Waals surface area contributed by atoms with E-state index in [2.05, 4.69) is 9.97 Å². The zero-order chi connectivity index (χ0) is 14.8. The molecule has 1 aromatic heterocycles. The van der Waals surface area contributed by atoms with Gasteiger partial charge in [-0.1, -0.05) is 13.8 Å². The summed E-state index contributed by atoms with van der Waals surface area (Å²) in [4.78, 5) is 19.7. The predicted octanol–water partition coefficient (Wildman–Crippen LogP) is 2.68. The average molecular weight is 274 g/mol. The van der Waals surface area contributed by atoms with Crippen molar-refractivity contribution >= 4 is 17.0 Å². The van der Waals surface area contributed by atoms with Gasteiger partial charge < -0.3 is 9.84 Å². The van der Waals surface area contributed by atoms with Gasteiger partial charge in [0.2, 0.25) is 0 Å². The van der Waals surface area contributed by atoms with Crippen molar-refractivity contribution < 1.29 is 14.6 Å². The predicted molar refractivity (Wildman–Crippen MR) is 75.8 cm³/mol. The molecule has 106 valence electrons. The Bertz CT molecular complexity index is 638. The number of hydrogen-bond donors (Lipinski definition) is 1. The Kier molecular flexibility index (Phi) is 3.88. The molecule has 0 spiro atoms. The molecule has 2 aromatic rings. The second-order valence-corrected chi connectivity index (χ2v) is 5.63. The Morgan fingerprint density at radius 1 is 1.35 bits per heavy atom. The minimum atomic E-state index is -0.798. The first-order valence-electron chi connectivity index (χ1n) is 6.41. The van der Waals surface area contributed by atoms with Crippen molar-refractivity contribution in [2.45, 2.75) is 26.7 Å². The molecule has 0 amide bonds. The minimum Gasteiger partial charge on any atom is -0.497 e. The number of carbonyl (C=O) groups is 1. The van der Waals surface area contributed by atoms with E-state index in [1.54, 1.807) is 13.3 Å². The van der Waals surface area contributed by atoms with Gasteiger partial charge in [-0.15, -0.1) is 0 Å². The second-order valence-electron chi connectivity index (χ2n) is 5.63. The molecule has 0 aliphatic carbocycles. The molecule has 1 N–H and O–H groups in total. The van der Waals surface area contributed by atoms with Crippen LogP contribution in [0.4, 0.5) is 0 Å². The maximum absolute atomic E-state index is 10.8. The van der Waals surface area contributed by atoms with E-state index in [9.17, 15) is 4.79 Å². The monoisotopic (exact) mass is 274 g/mol. The van der Waals surface area contributed by atoms with Gasteiger partial charge in [0.15, 0.2) is 0 Å². The fraction of sp³-hybridized carbons (Fsp3) is 0.400. The number of ether oxygens (including phenoxy) is 1. The van der Waals surface area contributed by atoms with E-state index in [1.165, 1.54) is 0 Å². The topological polar surface area (TPSA) is 72.3 Å². The number of carboxylic acids is 1. The largest absolute Gasteiger partial charge is 0.497 e. The lowest BCUT2D eigenvalue weighted by Gasteiger charge is -2.21. The first-order valence-corrected chi connectivity index (χ1v) is 6.41. The molecule has 2 rings (SSSR count). The van der Waals surface area contributed by atoms with Crippen molar-refractivity contribution in [3.05, 3.63) is 30.1 Å². The van der Waals surface area contributed by atoms with Crippen molar-refractivity contribution in [3.8, 4) is 5.75 Å². The van der Waals surface area contributed by atoms with Crippen LogP contribution < -0.4 is 4.74 Å². The summed E-state index contributed by atoms with van der Waals surface area (Å²) in [5.41, 5.74) is 2.01. The third-order valence-corrected chi connectivity index (χ3v) is 3.09. The first kappa shape index (κ1) is 14.2. The third kappa shape index (κ3) is 3.44. The fourth-order valence-corrected chi connectivity index (χ4v) is 2.20. The quantitative estimate of drug-likeness (QED) is 0.907. The molecule has 5 nitrogen and oxygen atoms in total. The van der Waals surface area contributed by atoms with E-state index in [4.69, 9.17) is 9.84 Å². The second kappa shape index (κ2) is 5.45. The van der Waals surface area contributed by atoms with E-state index in [1.807, 2.05) is 32.0 Å². The van der Waals surface area contributed by atoms with Crippen LogP contribution in [0.5, 0.6) is 5.75 Å². The molecule has 0 saturated carbocycles. The number of nitrogens with zero attached hydrogens (tertiary/aromatic N) is 2. The lowest BCUT2D eigenvalue weighted by molar-refractivity contribution is -0.139. The molecule has 20 heavy (non-hydrogen) atoms. The number of methoxy groups -OCH3 is 1. The number of rotatable bonds is 5. The molecular weight excluding hydrogens is 256 g/mol. The smallest absolute Gasteiger partial charge is 0.303 e. The number of aromatic nitrogens is 2. The third-order valence-electron chi connectivity index (χ3n) is 3.09. The van der Waals surface area contributed by atoms with E-state index in [-0.39, 0.29) is 11.8 Å². The van der Waals surface area contributed by atoms with Gasteiger partial charge in [-0.2, -0.15) is 0 Å². The van der Waals surface area contributed by atoms with Crippen molar-refractivity contribution in [1.82, 2.24) is 9.97 Å². The van der Waals surface area contributed by atoms with Crippen LogP contribution in [0.1, 0.15) is 26.0 Å². The highest BCUT2D eigenvalue weighted by molar-refractivity contribution is 5.75. The summed E-state index contributed by atoms with van der Waals surface area (Å²) < 4.78 is 5.14. The van der Waals surface area contributed by atoms with Crippen molar-refractivity contribution in [3.63, 3.8) is 0 Å². The van der Waals surface area contributed by atoms with Gasteiger partial charge in [0, 0.05) is 12.3 Å². The van der Waals surface area contributed by atoms with Crippen LogP contribution in [0.15, 0.2) is 24.4 Å². The molecular formula is C15H18N2O3. The molecule has 5 heteroatoms. The molecule has 0 atom stereocenters.